The van der Waals surface area contributed by atoms with Crippen molar-refractivity contribution in [2.45, 2.75) is 88.9 Å². The summed E-state index contributed by atoms with van der Waals surface area (Å²) >= 11 is 0. The third-order valence-corrected chi connectivity index (χ3v) is 9.83. The number of carbonyl (C=O) groups excluding carboxylic acids is 3. The summed E-state index contributed by atoms with van der Waals surface area (Å²) in [5.74, 6) is 0.799. The van der Waals surface area contributed by atoms with Crippen LogP contribution >= 0.6 is 0 Å². The minimum Gasteiger partial charge on any atom is -0.342 e. The summed E-state index contributed by atoms with van der Waals surface area (Å²) in [7, 11) is 0. The van der Waals surface area contributed by atoms with Gasteiger partial charge in [-0.25, -0.2) is 4.79 Å². The number of piperidine rings is 3. The van der Waals surface area contributed by atoms with Gasteiger partial charge in [0.05, 0.1) is 12.5 Å². The molecule has 9 nitrogen and oxygen atoms in total. The summed E-state index contributed by atoms with van der Waals surface area (Å²) in [5, 5.41) is 6.50. The number of para-hydroxylation sites is 1. The number of hydrogen-bond acceptors (Lipinski definition) is 5. The highest BCUT2D eigenvalue weighted by Gasteiger charge is 2.36. The zero-order valence-electron chi connectivity index (χ0n) is 23.9. The number of urea groups is 1. The number of nitrogens with one attached hydrogen (secondary N) is 2. The number of fused-ring (bicyclic) bond motifs is 1. The molecule has 0 bridgehead atoms. The van der Waals surface area contributed by atoms with E-state index in [1.165, 1.54) is 45.2 Å². The Morgan fingerprint density at radius 2 is 1.52 bits per heavy atom. The van der Waals surface area contributed by atoms with Crippen molar-refractivity contribution in [3.63, 3.8) is 0 Å². The summed E-state index contributed by atoms with van der Waals surface area (Å²) in [4.78, 5) is 48.3. The zero-order valence-corrected chi connectivity index (χ0v) is 23.9. The summed E-state index contributed by atoms with van der Waals surface area (Å²) < 4.78 is 0. The van der Waals surface area contributed by atoms with E-state index in [-0.39, 0.29) is 30.3 Å². The van der Waals surface area contributed by atoms with E-state index >= 15 is 0 Å². The van der Waals surface area contributed by atoms with Gasteiger partial charge in [-0.2, -0.15) is 0 Å². The van der Waals surface area contributed by atoms with Gasteiger partial charge in [-0.05, 0) is 88.5 Å². The number of amides is 4. The minimum atomic E-state index is -0.443. The lowest BCUT2D eigenvalue weighted by molar-refractivity contribution is -0.141. The molecule has 3 saturated heterocycles. The van der Waals surface area contributed by atoms with Gasteiger partial charge in [-0.3, -0.25) is 9.59 Å². The molecule has 0 radical (unpaired) electrons. The molecule has 4 amide bonds. The zero-order chi connectivity index (χ0) is 27.5. The summed E-state index contributed by atoms with van der Waals surface area (Å²) in [6, 6.07) is 8.16. The van der Waals surface area contributed by atoms with E-state index in [1.807, 2.05) is 32.9 Å². The lowest BCUT2D eigenvalue weighted by Gasteiger charge is -2.41. The van der Waals surface area contributed by atoms with E-state index < -0.39 is 6.04 Å². The van der Waals surface area contributed by atoms with Crippen molar-refractivity contribution in [2.75, 3.05) is 51.1 Å². The van der Waals surface area contributed by atoms with Gasteiger partial charge in [-0.1, -0.05) is 24.6 Å². The van der Waals surface area contributed by atoms with E-state index in [4.69, 9.17) is 0 Å². The molecule has 0 aromatic heterocycles. The fourth-order valence-electron chi connectivity index (χ4n) is 7.08. The Kier molecular flexibility index (Phi) is 8.58. The summed E-state index contributed by atoms with van der Waals surface area (Å²) in [6.07, 6.45) is 10.2. The number of anilines is 1. The van der Waals surface area contributed by atoms with Crippen molar-refractivity contribution in [3.05, 3.63) is 29.8 Å². The largest absolute Gasteiger partial charge is 0.342 e. The van der Waals surface area contributed by atoms with Crippen molar-refractivity contribution in [2.24, 2.45) is 5.92 Å². The SMILES string of the molecule is O=C(C[C@H](NCC1CC1)C(=O)N1CCC(N2CCCCC2)CC1)N1CCC(N2Cc3ccccc3NC2=O)CC1. The molecule has 218 valence electrons. The molecule has 4 fully saturated rings. The number of likely N-dealkylation sites (tertiary alicyclic amines) is 3. The molecular weight excluding hydrogens is 504 g/mol. The second kappa shape index (κ2) is 12.5. The average molecular weight is 551 g/mol. The highest BCUT2D eigenvalue weighted by Crippen LogP contribution is 2.29. The van der Waals surface area contributed by atoms with Crippen LogP contribution in [0.5, 0.6) is 0 Å². The molecule has 2 N–H and O–H groups in total. The standard InChI is InChI=1S/C31H46N6O3/c38-29(35-16-12-26(13-17-35)37-22-24-6-2-3-7-27(24)33-31(37)40)20-28(32-21-23-8-9-23)30(39)36-18-10-25(11-19-36)34-14-4-1-5-15-34/h2-3,6-7,23,25-26,28,32H,1,4-5,8-22H2,(H,33,40)/t28-/m0/s1. The lowest BCUT2D eigenvalue weighted by atomic mass is 9.98. The van der Waals surface area contributed by atoms with Crippen LogP contribution in [-0.4, -0.2) is 101 Å². The first kappa shape index (κ1) is 27.5. The molecule has 1 atom stereocenters. The fraction of sp³-hybridized carbons (Fsp3) is 0.710. The minimum absolute atomic E-state index is 0.0525. The quantitative estimate of drug-likeness (QED) is 0.519. The Labute approximate surface area is 238 Å². The van der Waals surface area contributed by atoms with Crippen molar-refractivity contribution in [1.82, 2.24) is 24.9 Å². The molecule has 4 aliphatic heterocycles. The molecule has 40 heavy (non-hydrogen) atoms. The fourth-order valence-corrected chi connectivity index (χ4v) is 7.08. The highest BCUT2D eigenvalue weighted by atomic mass is 16.2. The summed E-state index contributed by atoms with van der Waals surface area (Å²) in [6.45, 7) is 6.66. The van der Waals surface area contributed by atoms with Gasteiger partial charge in [0.2, 0.25) is 11.8 Å². The smallest absolute Gasteiger partial charge is 0.322 e. The monoisotopic (exact) mass is 550 g/mol. The van der Waals surface area contributed by atoms with Crippen molar-refractivity contribution < 1.29 is 14.4 Å². The van der Waals surface area contributed by atoms with Crippen molar-refractivity contribution in [1.29, 1.82) is 0 Å². The second-order valence-electron chi connectivity index (χ2n) is 12.6. The van der Waals surface area contributed by atoms with Gasteiger partial charge < -0.3 is 30.2 Å². The van der Waals surface area contributed by atoms with Crippen LogP contribution in [0.4, 0.5) is 10.5 Å². The molecule has 0 unspecified atom stereocenters. The maximum absolute atomic E-state index is 13.7. The average Bonchev–Trinajstić information content (AvgIpc) is 3.84. The van der Waals surface area contributed by atoms with E-state index in [2.05, 4.69) is 21.6 Å². The molecule has 6 rings (SSSR count). The maximum atomic E-state index is 13.7. The van der Waals surface area contributed by atoms with Crippen molar-refractivity contribution in [3.8, 4) is 0 Å². The van der Waals surface area contributed by atoms with E-state index in [0.29, 0.717) is 31.6 Å². The molecule has 1 aliphatic carbocycles. The lowest BCUT2D eigenvalue weighted by Crippen LogP contribution is -2.55. The van der Waals surface area contributed by atoms with E-state index in [0.717, 1.165) is 56.6 Å². The first-order valence-corrected chi connectivity index (χ1v) is 15.7. The molecule has 1 saturated carbocycles. The topological polar surface area (TPSA) is 88.2 Å². The summed E-state index contributed by atoms with van der Waals surface area (Å²) in [5.41, 5.74) is 2.02. The third-order valence-electron chi connectivity index (χ3n) is 9.83. The predicted molar refractivity (Wildman–Crippen MR) is 155 cm³/mol. The highest BCUT2D eigenvalue weighted by molar-refractivity contribution is 5.92. The van der Waals surface area contributed by atoms with Crippen LogP contribution in [0.25, 0.3) is 0 Å². The van der Waals surface area contributed by atoms with Crippen LogP contribution < -0.4 is 10.6 Å². The van der Waals surface area contributed by atoms with Gasteiger partial charge in [0.1, 0.15) is 0 Å². The number of hydrogen-bond donors (Lipinski definition) is 2. The molecule has 1 aromatic carbocycles. The Morgan fingerprint density at radius 1 is 0.850 bits per heavy atom. The first-order valence-electron chi connectivity index (χ1n) is 15.7. The van der Waals surface area contributed by atoms with E-state index in [1.54, 1.807) is 0 Å². The molecule has 1 aromatic rings. The molecule has 5 aliphatic rings. The number of carbonyl (C=O) groups is 3. The van der Waals surface area contributed by atoms with Crippen LogP contribution in [0.3, 0.4) is 0 Å². The maximum Gasteiger partial charge on any atom is 0.322 e. The van der Waals surface area contributed by atoms with E-state index in [9.17, 15) is 14.4 Å². The normalized spacial score (nSPS) is 24.0. The Morgan fingerprint density at radius 3 is 2.25 bits per heavy atom. The van der Waals surface area contributed by atoms with Gasteiger partial charge >= 0.3 is 6.03 Å². The first-order chi connectivity index (χ1) is 19.5. The third kappa shape index (κ3) is 6.46. The Hall–Kier alpha value is -2.65. The van der Waals surface area contributed by atoms with Crippen molar-refractivity contribution >= 4 is 23.5 Å². The van der Waals surface area contributed by atoms with Crippen LogP contribution in [0.15, 0.2) is 24.3 Å². The number of nitrogens with zero attached hydrogens (tertiary/aromatic N) is 4. The molecule has 0 spiro atoms. The van der Waals surface area contributed by atoms with Crippen LogP contribution in [0, 0.1) is 5.92 Å². The molecule has 4 heterocycles. The van der Waals surface area contributed by atoms with Gasteiger partial charge in [0.15, 0.2) is 0 Å². The molecular formula is C31H46N6O3. The predicted octanol–water partition coefficient (Wildman–Crippen LogP) is 3.26. The Balaban J connectivity index is 1.01. The van der Waals surface area contributed by atoms with Gasteiger partial charge in [0.25, 0.3) is 0 Å². The van der Waals surface area contributed by atoms with Crippen LogP contribution in [0.1, 0.15) is 69.8 Å². The number of rotatable bonds is 8. The molecule has 9 heteroatoms. The van der Waals surface area contributed by atoms with Gasteiger partial charge in [0, 0.05) is 50.5 Å². The van der Waals surface area contributed by atoms with Crippen LogP contribution in [-0.2, 0) is 16.1 Å². The Bertz CT molecular complexity index is 1050. The second-order valence-corrected chi connectivity index (χ2v) is 12.6. The van der Waals surface area contributed by atoms with Gasteiger partial charge in [-0.15, -0.1) is 0 Å². The van der Waals surface area contributed by atoms with Crippen LogP contribution in [0.2, 0.25) is 0 Å². The number of benzene rings is 1.